The quantitative estimate of drug-likeness (QED) is 0.876. The van der Waals surface area contributed by atoms with Crippen LogP contribution in [0, 0.1) is 16.6 Å². The highest BCUT2D eigenvalue weighted by Crippen LogP contribution is 2.57. The predicted molar refractivity (Wildman–Crippen MR) is 82.4 cm³/mol. The summed E-state index contributed by atoms with van der Waals surface area (Å²) in [5.74, 6) is -0.188. The first-order chi connectivity index (χ1) is 9.84. The first-order valence-corrected chi connectivity index (χ1v) is 8.04. The van der Waals surface area contributed by atoms with E-state index in [-0.39, 0.29) is 11.2 Å². The second kappa shape index (κ2) is 4.79. The summed E-state index contributed by atoms with van der Waals surface area (Å²) in [6.45, 7) is 5.02. The van der Waals surface area contributed by atoms with Crippen molar-refractivity contribution in [2.24, 2.45) is 16.6 Å². The summed E-state index contributed by atoms with van der Waals surface area (Å²) >= 11 is 0. The number of fused-ring (bicyclic) bond motifs is 1. The molecule has 3 N–H and O–H groups in total. The van der Waals surface area contributed by atoms with Gasteiger partial charge in [0, 0.05) is 12.0 Å². The fourth-order valence-electron chi connectivity index (χ4n) is 4.38. The van der Waals surface area contributed by atoms with Crippen LogP contribution in [0.3, 0.4) is 0 Å². The third-order valence-electron chi connectivity index (χ3n) is 6.13. The van der Waals surface area contributed by atoms with Crippen molar-refractivity contribution in [3.63, 3.8) is 0 Å². The molecule has 21 heavy (non-hydrogen) atoms. The average Bonchev–Trinajstić information content (AvgIpc) is 2.80. The van der Waals surface area contributed by atoms with Gasteiger partial charge in [-0.05, 0) is 61.1 Å². The van der Waals surface area contributed by atoms with Gasteiger partial charge in [-0.1, -0.05) is 26.0 Å². The lowest BCUT2D eigenvalue weighted by Crippen LogP contribution is -2.52. The maximum atomic E-state index is 14.0. The molecule has 2 nitrogen and oxygen atoms in total. The summed E-state index contributed by atoms with van der Waals surface area (Å²) in [5, 5.41) is 11.5. The summed E-state index contributed by atoms with van der Waals surface area (Å²) < 4.78 is 14.0. The van der Waals surface area contributed by atoms with Crippen molar-refractivity contribution in [1.29, 1.82) is 0 Å². The van der Waals surface area contributed by atoms with Crippen LogP contribution in [-0.4, -0.2) is 11.7 Å². The molecule has 0 aromatic heterocycles. The molecule has 1 aromatic rings. The minimum absolute atomic E-state index is 0.188. The van der Waals surface area contributed by atoms with E-state index in [1.807, 2.05) is 6.07 Å². The Hall–Kier alpha value is -0.930. The minimum Gasteiger partial charge on any atom is -0.385 e. The Morgan fingerprint density at radius 3 is 2.43 bits per heavy atom. The van der Waals surface area contributed by atoms with E-state index in [9.17, 15) is 9.50 Å². The van der Waals surface area contributed by atoms with E-state index in [1.165, 1.54) is 6.07 Å². The number of benzene rings is 1. The monoisotopic (exact) mass is 291 g/mol. The zero-order valence-corrected chi connectivity index (χ0v) is 13.1. The normalized spacial score (nSPS) is 30.1. The number of nitrogens with two attached hydrogens (primary N) is 1. The molecule has 116 valence electrons. The zero-order chi connectivity index (χ0) is 15.3. The highest BCUT2D eigenvalue weighted by atomic mass is 19.1. The molecule has 0 amide bonds. The van der Waals surface area contributed by atoms with Crippen LogP contribution < -0.4 is 5.73 Å². The van der Waals surface area contributed by atoms with Gasteiger partial charge in [0.2, 0.25) is 0 Å². The van der Waals surface area contributed by atoms with Gasteiger partial charge >= 0.3 is 0 Å². The van der Waals surface area contributed by atoms with Crippen LogP contribution in [0.5, 0.6) is 0 Å². The number of aliphatic hydroxyl groups is 1. The van der Waals surface area contributed by atoms with Crippen LogP contribution in [0.2, 0.25) is 0 Å². The van der Waals surface area contributed by atoms with E-state index >= 15 is 0 Å². The maximum absolute atomic E-state index is 14.0. The van der Waals surface area contributed by atoms with Crippen molar-refractivity contribution < 1.29 is 9.50 Å². The fourth-order valence-corrected chi connectivity index (χ4v) is 4.38. The molecule has 1 aromatic carbocycles. The Bertz CT molecular complexity index is 544. The van der Waals surface area contributed by atoms with Crippen LogP contribution in [0.1, 0.15) is 57.1 Å². The Balaban J connectivity index is 2.02. The van der Waals surface area contributed by atoms with E-state index in [0.29, 0.717) is 30.4 Å². The van der Waals surface area contributed by atoms with Gasteiger partial charge in [-0.2, -0.15) is 0 Å². The molecular weight excluding hydrogens is 265 g/mol. The third-order valence-corrected chi connectivity index (χ3v) is 6.13. The van der Waals surface area contributed by atoms with E-state index in [0.717, 1.165) is 31.2 Å². The van der Waals surface area contributed by atoms with Crippen molar-refractivity contribution in [2.45, 2.75) is 58.0 Å². The van der Waals surface area contributed by atoms with Gasteiger partial charge in [0.1, 0.15) is 5.82 Å². The fraction of sp³-hybridized carbons (Fsp3) is 0.667. The highest BCUT2D eigenvalue weighted by molar-refractivity contribution is 5.40. The van der Waals surface area contributed by atoms with E-state index in [1.54, 1.807) is 6.07 Å². The van der Waals surface area contributed by atoms with Crippen LogP contribution >= 0.6 is 0 Å². The van der Waals surface area contributed by atoms with Gasteiger partial charge < -0.3 is 10.8 Å². The smallest absolute Gasteiger partial charge is 0.126 e. The highest BCUT2D eigenvalue weighted by Gasteiger charge is 2.55. The number of rotatable bonds is 2. The first-order valence-electron chi connectivity index (χ1n) is 8.04. The second-order valence-electron chi connectivity index (χ2n) is 7.77. The molecule has 2 aliphatic rings. The van der Waals surface area contributed by atoms with Gasteiger partial charge in [-0.3, -0.25) is 0 Å². The molecular formula is C18H26FNO. The van der Waals surface area contributed by atoms with Crippen molar-refractivity contribution in [3.8, 4) is 0 Å². The summed E-state index contributed by atoms with van der Waals surface area (Å²) in [5.41, 5.74) is 6.66. The van der Waals surface area contributed by atoms with Gasteiger partial charge in [0.25, 0.3) is 0 Å². The molecule has 0 heterocycles. The number of hydrogen-bond donors (Lipinski definition) is 2. The SMILES string of the molecule is CC1(C)CCC(CN)(C2(O)CCc3c(F)cccc32)CC1. The lowest BCUT2D eigenvalue weighted by Gasteiger charge is -2.51. The first kappa shape index (κ1) is 15.0. The van der Waals surface area contributed by atoms with Gasteiger partial charge in [-0.25, -0.2) is 4.39 Å². The molecule has 1 atom stereocenters. The van der Waals surface area contributed by atoms with Crippen LogP contribution in [0.4, 0.5) is 4.39 Å². The molecule has 3 heteroatoms. The van der Waals surface area contributed by atoms with Gasteiger partial charge in [0.15, 0.2) is 0 Å². The second-order valence-corrected chi connectivity index (χ2v) is 7.77. The summed E-state index contributed by atoms with van der Waals surface area (Å²) in [6.07, 6.45) is 5.19. The molecule has 1 fully saturated rings. The van der Waals surface area contributed by atoms with Crippen LogP contribution in [0.15, 0.2) is 18.2 Å². The molecule has 0 bridgehead atoms. The molecule has 0 spiro atoms. The number of hydrogen-bond acceptors (Lipinski definition) is 2. The predicted octanol–water partition coefficient (Wildman–Crippen LogP) is 3.50. The summed E-state index contributed by atoms with van der Waals surface area (Å²) in [7, 11) is 0. The van der Waals surface area contributed by atoms with E-state index < -0.39 is 5.60 Å². The van der Waals surface area contributed by atoms with E-state index in [2.05, 4.69) is 13.8 Å². The average molecular weight is 291 g/mol. The van der Waals surface area contributed by atoms with Crippen LogP contribution in [-0.2, 0) is 12.0 Å². The maximum Gasteiger partial charge on any atom is 0.126 e. The molecule has 3 rings (SSSR count). The van der Waals surface area contributed by atoms with Crippen molar-refractivity contribution in [3.05, 3.63) is 35.1 Å². The summed E-state index contributed by atoms with van der Waals surface area (Å²) in [4.78, 5) is 0. The molecule has 0 radical (unpaired) electrons. The lowest BCUT2D eigenvalue weighted by molar-refractivity contribution is -0.117. The molecule has 1 saturated carbocycles. The van der Waals surface area contributed by atoms with Crippen molar-refractivity contribution in [2.75, 3.05) is 6.54 Å². The Morgan fingerprint density at radius 1 is 1.14 bits per heavy atom. The summed E-state index contributed by atoms with van der Waals surface area (Å²) in [6, 6.07) is 5.09. The van der Waals surface area contributed by atoms with Gasteiger partial charge in [-0.15, -0.1) is 0 Å². The molecule has 2 aliphatic carbocycles. The lowest BCUT2D eigenvalue weighted by atomic mass is 9.57. The van der Waals surface area contributed by atoms with E-state index in [4.69, 9.17) is 5.73 Å². The Labute approximate surface area is 126 Å². The standard InChI is InChI=1S/C18H26FNO/c1-16(2)8-10-17(12-20,11-9-16)18(21)7-6-13-14(18)4-3-5-15(13)19/h3-5,21H,6-12,20H2,1-2H3. The zero-order valence-electron chi connectivity index (χ0n) is 13.1. The Morgan fingerprint density at radius 2 is 1.81 bits per heavy atom. The molecule has 0 saturated heterocycles. The van der Waals surface area contributed by atoms with Gasteiger partial charge in [0.05, 0.1) is 5.60 Å². The molecule has 0 aliphatic heterocycles. The minimum atomic E-state index is -0.963. The van der Waals surface area contributed by atoms with Crippen molar-refractivity contribution in [1.82, 2.24) is 0 Å². The number of halogens is 1. The largest absolute Gasteiger partial charge is 0.385 e. The Kier molecular flexibility index (Phi) is 3.42. The third kappa shape index (κ3) is 2.13. The topological polar surface area (TPSA) is 46.2 Å². The molecule has 1 unspecified atom stereocenters. The van der Waals surface area contributed by atoms with Crippen molar-refractivity contribution >= 4 is 0 Å². The van der Waals surface area contributed by atoms with Crippen LogP contribution in [0.25, 0.3) is 0 Å².